The summed E-state index contributed by atoms with van der Waals surface area (Å²) in [5.74, 6) is 3.51. The minimum absolute atomic E-state index is 0.0321. The van der Waals surface area contributed by atoms with Crippen molar-refractivity contribution in [2.24, 2.45) is 0 Å². The van der Waals surface area contributed by atoms with Crippen molar-refractivity contribution in [1.29, 1.82) is 0 Å². The third-order valence-electron chi connectivity index (χ3n) is 3.06. The van der Waals surface area contributed by atoms with E-state index in [-0.39, 0.29) is 5.41 Å². The van der Waals surface area contributed by atoms with Crippen LogP contribution in [0.1, 0.15) is 50.9 Å². The maximum absolute atomic E-state index is 5.84. The van der Waals surface area contributed by atoms with E-state index in [1.54, 1.807) is 6.26 Å². The molecule has 0 saturated heterocycles. The van der Waals surface area contributed by atoms with Gasteiger partial charge in [-0.3, -0.25) is 0 Å². The van der Waals surface area contributed by atoms with E-state index in [1.807, 2.05) is 12.1 Å². The molecule has 0 atom stereocenters. The van der Waals surface area contributed by atoms with Crippen molar-refractivity contribution >= 4 is 0 Å². The molecule has 2 aromatic rings. The van der Waals surface area contributed by atoms with E-state index in [2.05, 4.69) is 39.8 Å². The molecule has 0 saturated carbocycles. The number of hydrogen-bond acceptors (Lipinski definition) is 2. The second kappa shape index (κ2) is 4.44. The molecule has 2 aromatic heterocycles. The van der Waals surface area contributed by atoms with Crippen molar-refractivity contribution < 1.29 is 8.83 Å². The van der Waals surface area contributed by atoms with Gasteiger partial charge in [-0.15, -0.1) is 0 Å². The minimum Gasteiger partial charge on any atom is -0.469 e. The summed E-state index contributed by atoms with van der Waals surface area (Å²) >= 11 is 0. The molecule has 2 rings (SSSR count). The van der Waals surface area contributed by atoms with Gasteiger partial charge >= 0.3 is 0 Å². The average molecular weight is 232 g/mol. The second-order valence-electron chi connectivity index (χ2n) is 5.50. The fourth-order valence-electron chi connectivity index (χ4n) is 1.99. The lowest BCUT2D eigenvalue weighted by Gasteiger charge is -2.20. The highest BCUT2D eigenvalue weighted by atomic mass is 16.3. The van der Waals surface area contributed by atoms with Crippen LogP contribution in [0.4, 0.5) is 0 Å². The Balaban J connectivity index is 2.14. The summed E-state index contributed by atoms with van der Waals surface area (Å²) in [6, 6.07) is 8.09. The molecule has 0 N–H and O–H groups in total. The van der Waals surface area contributed by atoms with Crippen LogP contribution in [-0.2, 0) is 11.8 Å². The molecule has 0 aliphatic carbocycles. The Hall–Kier alpha value is -1.44. The first kappa shape index (κ1) is 12.0. The first-order chi connectivity index (χ1) is 7.99. The molecule has 2 heterocycles. The van der Waals surface area contributed by atoms with Gasteiger partial charge in [0.2, 0.25) is 0 Å². The molecule has 17 heavy (non-hydrogen) atoms. The Morgan fingerprint density at radius 1 is 1.18 bits per heavy atom. The Labute approximate surface area is 103 Å². The molecule has 0 radical (unpaired) electrons. The molecule has 0 aliphatic rings. The van der Waals surface area contributed by atoms with Crippen molar-refractivity contribution in [3.05, 3.63) is 47.8 Å². The minimum atomic E-state index is -0.0321. The van der Waals surface area contributed by atoms with Gasteiger partial charge in [-0.2, -0.15) is 0 Å². The van der Waals surface area contributed by atoms with E-state index in [9.17, 15) is 0 Å². The summed E-state index contributed by atoms with van der Waals surface area (Å²) in [6.07, 6.45) is 2.58. The summed E-state index contributed by atoms with van der Waals surface area (Å²) in [7, 11) is 0. The molecule has 0 amide bonds. The fourth-order valence-corrected chi connectivity index (χ4v) is 1.99. The summed E-state index contributed by atoms with van der Waals surface area (Å²) in [4.78, 5) is 0. The first-order valence-electron chi connectivity index (χ1n) is 6.11. The van der Waals surface area contributed by atoms with Crippen molar-refractivity contribution in [3.8, 4) is 0 Å². The van der Waals surface area contributed by atoms with Crippen molar-refractivity contribution in [3.63, 3.8) is 0 Å². The predicted molar refractivity (Wildman–Crippen MR) is 68.2 cm³/mol. The van der Waals surface area contributed by atoms with E-state index in [1.165, 1.54) is 0 Å². The molecular formula is C15H20O2. The van der Waals surface area contributed by atoms with E-state index < -0.39 is 0 Å². The predicted octanol–water partition coefficient (Wildman–Crippen LogP) is 4.52. The van der Waals surface area contributed by atoms with Gasteiger partial charge in [0.1, 0.15) is 17.3 Å². The molecule has 0 aliphatic heterocycles. The highest BCUT2D eigenvalue weighted by Crippen LogP contribution is 2.29. The lowest BCUT2D eigenvalue weighted by molar-refractivity contribution is 0.347. The summed E-state index contributed by atoms with van der Waals surface area (Å²) in [5, 5.41) is 0. The highest BCUT2D eigenvalue weighted by molar-refractivity contribution is 5.17. The Morgan fingerprint density at radius 2 is 1.94 bits per heavy atom. The van der Waals surface area contributed by atoms with Crippen LogP contribution in [0, 0.1) is 0 Å². The quantitative estimate of drug-likeness (QED) is 0.774. The van der Waals surface area contributed by atoms with Crippen molar-refractivity contribution in [2.75, 3.05) is 0 Å². The maximum atomic E-state index is 5.84. The molecule has 0 aromatic carbocycles. The average Bonchev–Trinajstić information content (AvgIpc) is 2.85. The summed E-state index contributed by atoms with van der Waals surface area (Å²) in [6.45, 7) is 8.62. The van der Waals surface area contributed by atoms with Crippen molar-refractivity contribution in [2.45, 2.75) is 45.4 Å². The number of hydrogen-bond donors (Lipinski definition) is 0. The van der Waals surface area contributed by atoms with Gasteiger partial charge < -0.3 is 8.83 Å². The van der Waals surface area contributed by atoms with Gasteiger partial charge in [0.25, 0.3) is 0 Å². The zero-order valence-corrected chi connectivity index (χ0v) is 11.0. The normalized spacial score (nSPS) is 12.3. The molecule has 2 heteroatoms. The first-order valence-corrected chi connectivity index (χ1v) is 6.11. The van der Waals surface area contributed by atoms with Gasteiger partial charge in [-0.25, -0.2) is 0 Å². The third-order valence-corrected chi connectivity index (χ3v) is 3.06. The van der Waals surface area contributed by atoms with Gasteiger partial charge in [0.15, 0.2) is 0 Å². The smallest absolute Gasteiger partial charge is 0.109 e. The molecule has 0 fully saturated rings. The van der Waals surface area contributed by atoms with Crippen LogP contribution in [0.5, 0.6) is 0 Å². The standard InChI is InChI=1S/C15H20O2/c1-11(2)13-8-7-12(17-13)10-15(3,4)14-6-5-9-16-14/h5-9,11H,10H2,1-4H3. The van der Waals surface area contributed by atoms with Crippen molar-refractivity contribution in [1.82, 2.24) is 0 Å². The monoisotopic (exact) mass is 232 g/mol. The lowest BCUT2D eigenvalue weighted by atomic mass is 9.85. The molecule has 2 nitrogen and oxygen atoms in total. The van der Waals surface area contributed by atoms with Gasteiger partial charge in [0.05, 0.1) is 6.26 Å². The summed E-state index contributed by atoms with van der Waals surface area (Å²) in [5.41, 5.74) is -0.0321. The molecule has 0 unspecified atom stereocenters. The zero-order chi connectivity index (χ0) is 12.5. The van der Waals surface area contributed by atoms with Crippen LogP contribution in [0.15, 0.2) is 39.4 Å². The van der Waals surface area contributed by atoms with Crippen LogP contribution >= 0.6 is 0 Å². The summed E-state index contributed by atoms with van der Waals surface area (Å²) < 4.78 is 11.3. The maximum Gasteiger partial charge on any atom is 0.109 e. The number of rotatable bonds is 4. The van der Waals surface area contributed by atoms with Crippen LogP contribution in [0.25, 0.3) is 0 Å². The Morgan fingerprint density at radius 3 is 2.47 bits per heavy atom. The van der Waals surface area contributed by atoms with E-state index in [0.29, 0.717) is 5.92 Å². The highest BCUT2D eigenvalue weighted by Gasteiger charge is 2.25. The topological polar surface area (TPSA) is 26.3 Å². The van der Waals surface area contributed by atoms with Crippen LogP contribution in [0.3, 0.4) is 0 Å². The molecule has 0 spiro atoms. The van der Waals surface area contributed by atoms with Crippen LogP contribution in [0.2, 0.25) is 0 Å². The van der Waals surface area contributed by atoms with Crippen LogP contribution < -0.4 is 0 Å². The van der Waals surface area contributed by atoms with Gasteiger partial charge in [-0.1, -0.05) is 27.7 Å². The Kier molecular flexibility index (Phi) is 3.14. The second-order valence-corrected chi connectivity index (χ2v) is 5.50. The third kappa shape index (κ3) is 2.63. The van der Waals surface area contributed by atoms with Gasteiger partial charge in [0, 0.05) is 17.8 Å². The van der Waals surface area contributed by atoms with E-state index >= 15 is 0 Å². The number of furan rings is 2. The molecule has 92 valence electrons. The molecule has 0 bridgehead atoms. The van der Waals surface area contributed by atoms with E-state index in [0.717, 1.165) is 23.7 Å². The fraction of sp³-hybridized carbons (Fsp3) is 0.467. The largest absolute Gasteiger partial charge is 0.469 e. The zero-order valence-electron chi connectivity index (χ0n) is 11.0. The lowest BCUT2D eigenvalue weighted by Crippen LogP contribution is -2.19. The Bertz CT molecular complexity index is 461. The van der Waals surface area contributed by atoms with Gasteiger partial charge in [-0.05, 0) is 24.3 Å². The van der Waals surface area contributed by atoms with E-state index in [4.69, 9.17) is 8.83 Å². The van der Waals surface area contributed by atoms with Crippen LogP contribution in [-0.4, -0.2) is 0 Å². The SMILES string of the molecule is CC(C)c1ccc(CC(C)(C)c2ccco2)o1. The molecular weight excluding hydrogens is 212 g/mol.